The van der Waals surface area contributed by atoms with E-state index in [1.807, 2.05) is 11.8 Å². The molecule has 0 amide bonds. The third-order valence-electron chi connectivity index (χ3n) is 0.702. The predicted octanol–water partition coefficient (Wildman–Crippen LogP) is 1.41. The van der Waals surface area contributed by atoms with Crippen LogP contribution in [0, 0.1) is 32.0 Å². The molecule has 1 aliphatic rings. The van der Waals surface area contributed by atoms with E-state index in [2.05, 4.69) is 5.75 Å². The summed E-state index contributed by atoms with van der Waals surface area (Å²) in [6.07, 6.45) is 2.75. The maximum atomic E-state index is 2.28. The second-order valence-corrected chi connectivity index (χ2v) is 2.25. The van der Waals surface area contributed by atoms with E-state index in [0.29, 0.717) is 0 Å². The van der Waals surface area contributed by atoms with Crippen molar-refractivity contribution in [1.29, 1.82) is 0 Å². The van der Waals surface area contributed by atoms with Crippen LogP contribution in [0.4, 0.5) is 0 Å². The third-order valence-corrected chi connectivity index (χ3v) is 1.70. The van der Waals surface area contributed by atoms with Crippen molar-refractivity contribution in [3.05, 3.63) is 5.75 Å². The van der Waals surface area contributed by atoms with Crippen LogP contribution in [0.2, 0.25) is 0 Å². The van der Waals surface area contributed by atoms with E-state index >= 15 is 0 Å². The summed E-state index contributed by atoms with van der Waals surface area (Å²) >= 11 is 1.95. The van der Waals surface area contributed by atoms with Gasteiger partial charge in [-0.25, -0.2) is 0 Å². The average Bonchev–Trinajstić information content (AvgIpc) is 1.76. The Kier molecular flexibility index (Phi) is 5.30. The van der Waals surface area contributed by atoms with Crippen LogP contribution in [0.25, 0.3) is 0 Å². The summed E-state index contributed by atoms with van der Waals surface area (Å²) in [5, 5.41) is 0. The molecule has 1 saturated heterocycles. The normalized spacial score (nSPS) is 20.0. The van der Waals surface area contributed by atoms with Gasteiger partial charge in [0.15, 0.2) is 0 Å². The van der Waals surface area contributed by atoms with Crippen molar-refractivity contribution in [2.75, 3.05) is 5.75 Å². The van der Waals surface area contributed by atoms with Crippen LogP contribution < -0.4 is 0 Å². The van der Waals surface area contributed by atoms with Crippen molar-refractivity contribution in [1.82, 2.24) is 0 Å². The topological polar surface area (TPSA) is 0 Å². The van der Waals surface area contributed by atoms with Gasteiger partial charge in [0, 0.05) is 5.75 Å². The summed E-state index contributed by atoms with van der Waals surface area (Å²) in [7, 11) is 0. The van der Waals surface area contributed by atoms with Crippen molar-refractivity contribution in [3.8, 4) is 0 Å². The Balaban J connectivity index is 0.000000250. The number of hydrogen-bond donors (Lipinski definition) is 0. The van der Waals surface area contributed by atoms with Crippen LogP contribution in [-0.2, 0) is 0 Å². The van der Waals surface area contributed by atoms with Gasteiger partial charge >= 0.3 is 26.2 Å². The van der Waals surface area contributed by atoms with Crippen LogP contribution in [0.1, 0.15) is 12.8 Å². The van der Waals surface area contributed by atoms with Crippen LogP contribution in [0.15, 0.2) is 0 Å². The SMILES string of the molecule is [AtH].[CH]1CCCS1. The molecule has 0 aliphatic carbocycles. The first-order valence-corrected chi connectivity index (χ1v) is 2.98. The van der Waals surface area contributed by atoms with Gasteiger partial charge in [-0.05, 0) is 18.6 Å². The van der Waals surface area contributed by atoms with Gasteiger partial charge in [-0.2, -0.15) is 11.8 Å². The molecule has 1 fully saturated rings. The Morgan fingerprint density at radius 3 is 2.50 bits per heavy atom. The fraction of sp³-hybridized carbons (Fsp3) is 0.750. The van der Waals surface area contributed by atoms with E-state index in [1.54, 1.807) is 0 Å². The number of rotatable bonds is 0. The monoisotopic (exact) mass is 298 g/mol. The molecule has 0 saturated carbocycles. The summed E-state index contributed by atoms with van der Waals surface area (Å²) < 4.78 is 0. The molecule has 1 heterocycles. The number of thioether (sulfide) groups is 1. The molecule has 6 heavy (non-hydrogen) atoms. The molecule has 0 N–H and O–H groups in total. The van der Waals surface area contributed by atoms with Crippen LogP contribution in [0.3, 0.4) is 0 Å². The van der Waals surface area contributed by atoms with Crippen molar-refractivity contribution in [2.24, 2.45) is 0 Å². The quantitative estimate of drug-likeness (QED) is 0.651. The van der Waals surface area contributed by atoms with E-state index in [4.69, 9.17) is 0 Å². The molecule has 0 bridgehead atoms. The van der Waals surface area contributed by atoms with Gasteiger partial charge in [0.25, 0.3) is 0 Å². The molecule has 1 aliphatic heterocycles. The molecule has 0 spiro atoms. The molecule has 0 nitrogen and oxygen atoms in total. The van der Waals surface area contributed by atoms with Crippen molar-refractivity contribution >= 4 is 11.8 Å². The van der Waals surface area contributed by atoms with Gasteiger partial charge in [-0.3, -0.25) is 0 Å². The van der Waals surface area contributed by atoms with E-state index in [9.17, 15) is 0 Å². The Hall–Kier alpha value is 1.23. The largest absolute Gasteiger partial charge is 0.157 e. The fourth-order valence-corrected chi connectivity index (χ4v) is 1.25. The maximum absolute atomic E-state index is 2.28. The molecule has 2 heteroatoms. The first-order valence-electron chi connectivity index (χ1n) is 1.93. The van der Waals surface area contributed by atoms with E-state index in [1.165, 1.54) is 18.6 Å². The molecule has 37 valence electrons. The van der Waals surface area contributed by atoms with E-state index in [-0.39, 0.29) is 26.2 Å². The average molecular weight is 298 g/mol. The molecule has 0 atom stereocenters. The summed E-state index contributed by atoms with van der Waals surface area (Å²) in [4.78, 5) is 0. The van der Waals surface area contributed by atoms with Gasteiger partial charge in [-0.1, -0.05) is 0 Å². The Bertz CT molecular complexity index is 19.1. The van der Waals surface area contributed by atoms with Crippen LogP contribution in [-0.4, -0.2) is 5.75 Å². The van der Waals surface area contributed by atoms with Crippen molar-refractivity contribution < 1.29 is 26.2 Å². The first-order chi connectivity index (χ1) is 2.50. The molecular formula is C4H8AtS. The van der Waals surface area contributed by atoms with Gasteiger partial charge in [-0.15, -0.1) is 0 Å². The minimum Gasteiger partial charge on any atom is -0.157 e. The van der Waals surface area contributed by atoms with Gasteiger partial charge < -0.3 is 0 Å². The molecule has 0 unspecified atom stereocenters. The Labute approximate surface area is 62.2 Å². The van der Waals surface area contributed by atoms with Crippen molar-refractivity contribution in [3.63, 3.8) is 0 Å². The van der Waals surface area contributed by atoms with Crippen molar-refractivity contribution in [2.45, 2.75) is 12.8 Å². The second kappa shape index (κ2) is 4.39. The molecule has 0 aromatic carbocycles. The van der Waals surface area contributed by atoms with Gasteiger partial charge in [0.2, 0.25) is 0 Å². The van der Waals surface area contributed by atoms with Crippen LogP contribution >= 0.6 is 11.8 Å². The molecular weight excluding hydrogens is 290 g/mol. The standard InChI is InChI=1S/C4H7S.AtH/c1-2-4-5-3-1;/h3H,1-2,4H2;1H. The predicted molar refractivity (Wildman–Crippen MR) is 27.4 cm³/mol. The Morgan fingerprint density at radius 1 is 1.50 bits per heavy atom. The minimum absolute atomic E-state index is 0. The summed E-state index contributed by atoms with van der Waals surface area (Å²) in [5.74, 6) is 3.64. The number of hydrogen-bond acceptors (Lipinski definition) is 1. The molecule has 1 rings (SSSR count). The third kappa shape index (κ3) is 2.41. The second-order valence-electron chi connectivity index (χ2n) is 1.18. The maximum Gasteiger partial charge on any atom is 0.0166 e. The molecule has 1 radical (unpaired) electrons. The van der Waals surface area contributed by atoms with Crippen LogP contribution in [0.5, 0.6) is 0 Å². The molecule has 0 aromatic heterocycles. The van der Waals surface area contributed by atoms with E-state index in [0.717, 1.165) is 0 Å². The fourth-order valence-electron chi connectivity index (χ4n) is 0.417. The summed E-state index contributed by atoms with van der Waals surface area (Å²) in [6, 6.07) is 0. The first kappa shape index (κ1) is 7.23. The zero-order valence-electron chi connectivity index (χ0n) is 3.52. The van der Waals surface area contributed by atoms with E-state index < -0.39 is 0 Å². The van der Waals surface area contributed by atoms with Gasteiger partial charge in [0.1, 0.15) is 0 Å². The van der Waals surface area contributed by atoms with Gasteiger partial charge in [0.05, 0.1) is 0 Å². The zero-order chi connectivity index (χ0) is 3.54. The Morgan fingerprint density at radius 2 is 2.33 bits per heavy atom. The minimum atomic E-state index is 0. The summed E-state index contributed by atoms with van der Waals surface area (Å²) in [6.45, 7) is 0. The smallest absolute Gasteiger partial charge is 0.0166 e. The molecule has 0 aromatic rings. The zero-order valence-corrected chi connectivity index (χ0v) is 7.51. The summed E-state index contributed by atoms with van der Waals surface area (Å²) in [5.41, 5.74) is 0.